The van der Waals surface area contributed by atoms with E-state index in [2.05, 4.69) is 4.98 Å². The number of sulfonamides is 1. The second kappa shape index (κ2) is 5.97. The molecule has 0 radical (unpaired) electrons. The van der Waals surface area contributed by atoms with Crippen molar-refractivity contribution in [2.24, 2.45) is 11.7 Å². The SMILES string of the molecule is Cc1nc(Cl)sc1S(=O)(=O)N1CCC(CC(N)=O)CC1. The molecule has 6 nitrogen and oxygen atoms in total. The van der Waals surface area contributed by atoms with Crippen molar-refractivity contribution in [1.29, 1.82) is 0 Å². The maximum Gasteiger partial charge on any atom is 0.254 e. The second-order valence-electron chi connectivity index (χ2n) is 4.86. The summed E-state index contributed by atoms with van der Waals surface area (Å²) < 4.78 is 26.9. The molecule has 0 bridgehead atoms. The van der Waals surface area contributed by atoms with Gasteiger partial charge in [0.05, 0.1) is 5.69 Å². The molecule has 2 heterocycles. The number of piperidine rings is 1. The van der Waals surface area contributed by atoms with Crippen LogP contribution in [0.4, 0.5) is 0 Å². The van der Waals surface area contributed by atoms with E-state index in [0.29, 0.717) is 38.0 Å². The molecule has 2 rings (SSSR count). The van der Waals surface area contributed by atoms with E-state index >= 15 is 0 Å². The normalized spacial score (nSPS) is 18.3. The first-order valence-electron chi connectivity index (χ1n) is 6.22. The summed E-state index contributed by atoms with van der Waals surface area (Å²) in [5.41, 5.74) is 5.60. The van der Waals surface area contributed by atoms with Crippen molar-refractivity contribution in [1.82, 2.24) is 9.29 Å². The van der Waals surface area contributed by atoms with Gasteiger partial charge in [-0.3, -0.25) is 4.79 Å². The van der Waals surface area contributed by atoms with Crippen LogP contribution in [0.15, 0.2) is 4.21 Å². The van der Waals surface area contributed by atoms with Crippen molar-refractivity contribution in [3.05, 3.63) is 10.2 Å². The molecule has 20 heavy (non-hydrogen) atoms. The Morgan fingerprint density at radius 3 is 2.55 bits per heavy atom. The molecule has 1 aromatic heterocycles. The first-order chi connectivity index (χ1) is 9.30. The predicted octanol–water partition coefficient (Wildman–Crippen LogP) is 1.38. The van der Waals surface area contributed by atoms with Gasteiger partial charge in [0.15, 0.2) is 8.68 Å². The molecule has 0 saturated carbocycles. The Morgan fingerprint density at radius 1 is 1.50 bits per heavy atom. The van der Waals surface area contributed by atoms with Crippen LogP contribution < -0.4 is 5.73 Å². The van der Waals surface area contributed by atoms with Gasteiger partial charge < -0.3 is 5.73 Å². The lowest BCUT2D eigenvalue weighted by atomic mass is 9.94. The van der Waals surface area contributed by atoms with Gasteiger partial charge in [-0.05, 0) is 25.7 Å². The second-order valence-corrected chi connectivity index (χ2v) is 8.57. The Labute approximate surface area is 127 Å². The number of carbonyl (C=O) groups excluding carboxylic acids is 1. The maximum atomic E-state index is 12.5. The zero-order valence-corrected chi connectivity index (χ0v) is 13.4. The summed E-state index contributed by atoms with van der Waals surface area (Å²) in [7, 11) is -3.54. The van der Waals surface area contributed by atoms with Gasteiger partial charge in [-0.15, -0.1) is 0 Å². The highest BCUT2D eigenvalue weighted by molar-refractivity contribution is 7.91. The van der Waals surface area contributed by atoms with Gasteiger partial charge >= 0.3 is 0 Å². The van der Waals surface area contributed by atoms with Crippen molar-refractivity contribution in [2.45, 2.75) is 30.4 Å². The number of hydrogen-bond acceptors (Lipinski definition) is 5. The Morgan fingerprint density at radius 2 is 2.10 bits per heavy atom. The van der Waals surface area contributed by atoms with Gasteiger partial charge in [0, 0.05) is 19.5 Å². The number of aromatic nitrogens is 1. The van der Waals surface area contributed by atoms with Gasteiger partial charge in [-0.1, -0.05) is 22.9 Å². The van der Waals surface area contributed by atoms with Gasteiger partial charge in [0.25, 0.3) is 10.0 Å². The molecular weight excluding hydrogens is 322 g/mol. The molecule has 0 atom stereocenters. The van der Waals surface area contributed by atoms with E-state index in [1.165, 1.54) is 4.31 Å². The number of aryl methyl sites for hydroxylation is 1. The van der Waals surface area contributed by atoms with Gasteiger partial charge in [0.2, 0.25) is 5.91 Å². The summed E-state index contributed by atoms with van der Waals surface area (Å²) in [6.07, 6.45) is 1.61. The third-order valence-electron chi connectivity index (χ3n) is 3.37. The molecular formula is C11H16ClN3O3S2. The van der Waals surface area contributed by atoms with Crippen molar-refractivity contribution < 1.29 is 13.2 Å². The quantitative estimate of drug-likeness (QED) is 0.898. The molecule has 1 aromatic rings. The van der Waals surface area contributed by atoms with Crippen molar-refractivity contribution >= 4 is 38.9 Å². The van der Waals surface area contributed by atoms with Crippen LogP contribution in [0.2, 0.25) is 4.47 Å². The van der Waals surface area contributed by atoms with Crippen LogP contribution in [0.25, 0.3) is 0 Å². The largest absolute Gasteiger partial charge is 0.370 e. The Balaban J connectivity index is 2.10. The number of amides is 1. The van der Waals surface area contributed by atoms with Crippen LogP contribution in [0.3, 0.4) is 0 Å². The van der Waals surface area contributed by atoms with E-state index in [1.54, 1.807) is 6.92 Å². The lowest BCUT2D eigenvalue weighted by Gasteiger charge is -2.30. The molecule has 1 amide bonds. The highest BCUT2D eigenvalue weighted by Gasteiger charge is 2.32. The number of hydrogen-bond donors (Lipinski definition) is 1. The fourth-order valence-corrected chi connectivity index (χ4v) is 5.69. The Kier molecular flexibility index (Phi) is 4.68. The van der Waals surface area contributed by atoms with Crippen LogP contribution in [0.5, 0.6) is 0 Å². The fraction of sp³-hybridized carbons (Fsp3) is 0.636. The van der Waals surface area contributed by atoms with Crippen molar-refractivity contribution in [3.63, 3.8) is 0 Å². The molecule has 0 aromatic carbocycles. The number of rotatable bonds is 4. The standard InChI is InChI=1S/C11H16ClN3O3S2/c1-7-10(19-11(12)14-7)20(17,18)15-4-2-8(3-5-15)6-9(13)16/h8H,2-6H2,1H3,(H2,13,16). The molecule has 2 N–H and O–H groups in total. The molecule has 9 heteroatoms. The summed E-state index contributed by atoms with van der Waals surface area (Å²) in [6.45, 7) is 2.43. The third-order valence-corrected chi connectivity index (χ3v) is 7.11. The van der Waals surface area contributed by atoms with Crippen LogP contribution in [-0.4, -0.2) is 36.7 Å². The zero-order chi connectivity index (χ0) is 14.9. The number of nitrogens with zero attached hydrogens (tertiary/aromatic N) is 2. The van der Waals surface area contributed by atoms with Gasteiger partial charge in [-0.25, -0.2) is 13.4 Å². The number of primary amides is 1. The van der Waals surface area contributed by atoms with Crippen LogP contribution in [0.1, 0.15) is 25.0 Å². The highest BCUT2D eigenvalue weighted by atomic mass is 35.5. The molecule has 1 saturated heterocycles. The van der Waals surface area contributed by atoms with Gasteiger partial charge in [0.1, 0.15) is 0 Å². The minimum atomic E-state index is -3.54. The highest BCUT2D eigenvalue weighted by Crippen LogP contribution is 2.32. The Bertz CT molecular complexity index is 606. The first-order valence-corrected chi connectivity index (χ1v) is 8.85. The summed E-state index contributed by atoms with van der Waals surface area (Å²) in [5, 5.41) is 0. The number of nitrogens with two attached hydrogens (primary N) is 1. The lowest BCUT2D eigenvalue weighted by molar-refractivity contribution is -0.119. The monoisotopic (exact) mass is 337 g/mol. The van der Waals surface area contributed by atoms with E-state index in [1.807, 2.05) is 0 Å². The van der Waals surface area contributed by atoms with Crippen LogP contribution in [0, 0.1) is 12.8 Å². The molecule has 1 aliphatic rings. The maximum absolute atomic E-state index is 12.5. The zero-order valence-electron chi connectivity index (χ0n) is 11.0. The van der Waals surface area contributed by atoms with E-state index in [-0.39, 0.29) is 20.5 Å². The molecule has 0 unspecified atom stereocenters. The molecule has 0 aliphatic carbocycles. The first kappa shape index (κ1) is 15.7. The summed E-state index contributed by atoms with van der Waals surface area (Å²) in [6, 6.07) is 0. The molecule has 112 valence electrons. The molecule has 1 fully saturated rings. The average molecular weight is 338 g/mol. The molecule has 0 spiro atoms. The topological polar surface area (TPSA) is 93.4 Å². The van der Waals surface area contributed by atoms with Crippen LogP contribution >= 0.6 is 22.9 Å². The average Bonchev–Trinajstić information content (AvgIpc) is 2.69. The van der Waals surface area contributed by atoms with Crippen LogP contribution in [-0.2, 0) is 14.8 Å². The minimum Gasteiger partial charge on any atom is -0.370 e. The van der Waals surface area contributed by atoms with Crippen molar-refractivity contribution in [3.8, 4) is 0 Å². The van der Waals surface area contributed by atoms with E-state index in [0.717, 1.165) is 11.3 Å². The Hall–Kier alpha value is -0.700. The minimum absolute atomic E-state index is 0.171. The third kappa shape index (κ3) is 3.30. The number of thiazole rings is 1. The van der Waals surface area contributed by atoms with Gasteiger partial charge in [-0.2, -0.15) is 4.31 Å². The van der Waals surface area contributed by atoms with E-state index < -0.39 is 10.0 Å². The number of carbonyl (C=O) groups is 1. The smallest absolute Gasteiger partial charge is 0.254 e. The van der Waals surface area contributed by atoms with Crippen molar-refractivity contribution in [2.75, 3.05) is 13.1 Å². The predicted molar refractivity (Wildman–Crippen MR) is 77.2 cm³/mol. The summed E-state index contributed by atoms with van der Waals surface area (Å²) in [4.78, 5) is 14.8. The lowest BCUT2D eigenvalue weighted by Crippen LogP contribution is -2.39. The fourth-order valence-electron chi connectivity index (χ4n) is 2.35. The summed E-state index contributed by atoms with van der Waals surface area (Å²) >= 11 is 6.74. The number of halogens is 1. The van der Waals surface area contributed by atoms with E-state index in [9.17, 15) is 13.2 Å². The van der Waals surface area contributed by atoms with E-state index in [4.69, 9.17) is 17.3 Å². The summed E-state index contributed by atoms with van der Waals surface area (Å²) in [5.74, 6) is -0.165. The molecule has 1 aliphatic heterocycles.